The van der Waals surface area contributed by atoms with Crippen LogP contribution in [0, 0.1) is 0 Å². The normalized spacial score (nSPS) is 14.8. The number of aliphatic hydroxyl groups excluding tert-OH is 1. The van der Waals surface area contributed by atoms with Crippen LogP contribution in [-0.4, -0.2) is 35.4 Å². The number of aromatic carboxylic acids is 1. The molecule has 1 aromatic carbocycles. The average molecular weight is 221 g/mol. The van der Waals surface area contributed by atoms with Crippen LogP contribution in [-0.2, 0) is 0 Å². The molecule has 0 saturated heterocycles. The lowest BCUT2D eigenvalue weighted by Gasteiger charge is -2.23. The Morgan fingerprint density at radius 2 is 1.94 bits per heavy atom. The fraction of sp³-hybridized carbons (Fsp3) is 0.417. The van der Waals surface area contributed by atoms with Crippen LogP contribution in [0.3, 0.4) is 0 Å². The number of rotatable bonds is 5. The second kappa shape index (κ2) is 4.53. The maximum Gasteiger partial charge on any atom is 0.335 e. The Morgan fingerprint density at radius 3 is 2.38 bits per heavy atom. The lowest BCUT2D eigenvalue weighted by molar-refractivity contribution is 0.0697. The number of anilines is 1. The first-order chi connectivity index (χ1) is 7.72. The summed E-state index contributed by atoms with van der Waals surface area (Å²) in [6.07, 6.45) is 2.31. The third-order valence-corrected chi connectivity index (χ3v) is 2.77. The summed E-state index contributed by atoms with van der Waals surface area (Å²) >= 11 is 0. The maximum atomic E-state index is 10.7. The van der Waals surface area contributed by atoms with Gasteiger partial charge in [0.05, 0.1) is 12.2 Å². The van der Waals surface area contributed by atoms with Gasteiger partial charge in [0.1, 0.15) is 0 Å². The maximum absolute atomic E-state index is 10.7. The molecule has 0 aliphatic heterocycles. The predicted molar refractivity (Wildman–Crippen MR) is 60.9 cm³/mol. The van der Waals surface area contributed by atoms with E-state index in [1.807, 2.05) is 0 Å². The van der Waals surface area contributed by atoms with E-state index in [1.54, 1.807) is 24.3 Å². The lowest BCUT2D eigenvalue weighted by atomic mass is 10.2. The van der Waals surface area contributed by atoms with E-state index in [0.29, 0.717) is 18.2 Å². The second-order valence-corrected chi connectivity index (χ2v) is 4.00. The van der Waals surface area contributed by atoms with Gasteiger partial charge in [0.2, 0.25) is 0 Å². The standard InChI is InChI=1S/C12H15NO3/c14-8-7-13(11-5-6-11)10-3-1-9(2-4-10)12(15)16/h1-4,11,14H,5-8H2,(H,15,16). The zero-order valence-electron chi connectivity index (χ0n) is 8.97. The lowest BCUT2D eigenvalue weighted by Crippen LogP contribution is -2.28. The average Bonchev–Trinajstić information content (AvgIpc) is 3.10. The van der Waals surface area contributed by atoms with Crippen LogP contribution < -0.4 is 4.90 Å². The van der Waals surface area contributed by atoms with Crippen molar-refractivity contribution in [1.82, 2.24) is 0 Å². The summed E-state index contributed by atoms with van der Waals surface area (Å²) in [5.74, 6) is -0.910. The molecule has 0 spiro atoms. The molecule has 0 atom stereocenters. The Balaban J connectivity index is 2.14. The molecule has 16 heavy (non-hydrogen) atoms. The molecule has 0 amide bonds. The summed E-state index contributed by atoms with van der Waals surface area (Å²) in [4.78, 5) is 12.8. The number of benzene rings is 1. The molecule has 2 rings (SSSR count). The Hall–Kier alpha value is -1.55. The van der Waals surface area contributed by atoms with Crippen molar-refractivity contribution in [2.75, 3.05) is 18.1 Å². The molecule has 2 N–H and O–H groups in total. The quantitative estimate of drug-likeness (QED) is 0.787. The minimum Gasteiger partial charge on any atom is -0.478 e. The fourth-order valence-electron chi connectivity index (χ4n) is 1.81. The number of nitrogens with zero attached hydrogens (tertiary/aromatic N) is 1. The summed E-state index contributed by atoms with van der Waals surface area (Å²) in [7, 11) is 0. The number of aliphatic hydroxyl groups is 1. The van der Waals surface area contributed by atoms with Crippen LogP contribution in [0.25, 0.3) is 0 Å². The largest absolute Gasteiger partial charge is 0.478 e. The summed E-state index contributed by atoms with van der Waals surface area (Å²) in [6, 6.07) is 7.33. The molecule has 1 aromatic rings. The van der Waals surface area contributed by atoms with Crippen LogP contribution in [0.1, 0.15) is 23.2 Å². The van der Waals surface area contributed by atoms with Crippen molar-refractivity contribution >= 4 is 11.7 Å². The molecule has 4 nitrogen and oxygen atoms in total. The van der Waals surface area contributed by atoms with Crippen LogP contribution in [0.5, 0.6) is 0 Å². The second-order valence-electron chi connectivity index (χ2n) is 4.00. The molecule has 1 fully saturated rings. The molecule has 1 aliphatic rings. The highest BCUT2D eigenvalue weighted by molar-refractivity contribution is 5.88. The highest BCUT2D eigenvalue weighted by Crippen LogP contribution is 2.31. The summed E-state index contributed by atoms with van der Waals surface area (Å²) in [6.45, 7) is 0.730. The van der Waals surface area contributed by atoms with Crippen molar-refractivity contribution in [1.29, 1.82) is 0 Å². The van der Waals surface area contributed by atoms with Crippen molar-refractivity contribution in [3.63, 3.8) is 0 Å². The van der Waals surface area contributed by atoms with E-state index in [0.717, 1.165) is 18.5 Å². The Morgan fingerprint density at radius 1 is 1.31 bits per heavy atom. The van der Waals surface area contributed by atoms with E-state index in [1.165, 1.54) is 0 Å². The number of carbonyl (C=O) groups is 1. The van der Waals surface area contributed by atoms with E-state index in [-0.39, 0.29) is 6.61 Å². The fourth-order valence-corrected chi connectivity index (χ4v) is 1.81. The van der Waals surface area contributed by atoms with E-state index < -0.39 is 5.97 Å². The van der Waals surface area contributed by atoms with Crippen molar-refractivity contribution in [3.05, 3.63) is 29.8 Å². The molecule has 1 aliphatic carbocycles. The molecular weight excluding hydrogens is 206 g/mol. The third-order valence-electron chi connectivity index (χ3n) is 2.77. The zero-order chi connectivity index (χ0) is 11.5. The molecule has 0 bridgehead atoms. The van der Waals surface area contributed by atoms with Crippen LogP contribution in [0.2, 0.25) is 0 Å². The van der Waals surface area contributed by atoms with Crippen LogP contribution >= 0.6 is 0 Å². The van der Waals surface area contributed by atoms with Crippen molar-refractivity contribution < 1.29 is 15.0 Å². The number of hydrogen-bond acceptors (Lipinski definition) is 3. The summed E-state index contributed by atoms with van der Waals surface area (Å²) in [5, 5.41) is 17.8. The van der Waals surface area contributed by atoms with Gasteiger partial charge in [0.25, 0.3) is 0 Å². The van der Waals surface area contributed by atoms with E-state index in [4.69, 9.17) is 10.2 Å². The van der Waals surface area contributed by atoms with Gasteiger partial charge in [0.15, 0.2) is 0 Å². The van der Waals surface area contributed by atoms with Crippen LogP contribution in [0.15, 0.2) is 24.3 Å². The summed E-state index contributed by atoms with van der Waals surface area (Å²) in [5.41, 5.74) is 1.28. The first kappa shape index (κ1) is 11.0. The van der Waals surface area contributed by atoms with Gasteiger partial charge in [0, 0.05) is 18.3 Å². The highest BCUT2D eigenvalue weighted by atomic mass is 16.4. The van der Waals surface area contributed by atoms with Gasteiger partial charge in [-0.25, -0.2) is 4.79 Å². The molecule has 0 aromatic heterocycles. The molecule has 0 radical (unpaired) electrons. The third kappa shape index (κ3) is 2.33. The topological polar surface area (TPSA) is 60.8 Å². The molecule has 0 heterocycles. The van der Waals surface area contributed by atoms with Gasteiger partial charge in [-0.15, -0.1) is 0 Å². The number of hydrogen-bond donors (Lipinski definition) is 2. The van der Waals surface area contributed by atoms with Gasteiger partial charge in [-0.05, 0) is 37.1 Å². The van der Waals surface area contributed by atoms with Gasteiger partial charge in [-0.2, -0.15) is 0 Å². The van der Waals surface area contributed by atoms with Crippen molar-refractivity contribution in [2.45, 2.75) is 18.9 Å². The van der Waals surface area contributed by atoms with E-state index in [9.17, 15) is 4.79 Å². The molecule has 4 heteroatoms. The van der Waals surface area contributed by atoms with E-state index >= 15 is 0 Å². The highest BCUT2D eigenvalue weighted by Gasteiger charge is 2.28. The van der Waals surface area contributed by atoms with Crippen molar-refractivity contribution in [2.24, 2.45) is 0 Å². The molecule has 86 valence electrons. The minimum atomic E-state index is -0.910. The predicted octanol–water partition coefficient (Wildman–Crippen LogP) is 1.35. The first-order valence-corrected chi connectivity index (χ1v) is 5.43. The Kier molecular flexibility index (Phi) is 3.10. The Labute approximate surface area is 94.1 Å². The van der Waals surface area contributed by atoms with Gasteiger partial charge < -0.3 is 15.1 Å². The van der Waals surface area contributed by atoms with Gasteiger partial charge in [-0.3, -0.25) is 0 Å². The van der Waals surface area contributed by atoms with Gasteiger partial charge >= 0.3 is 5.97 Å². The Bertz CT molecular complexity index is 370. The smallest absolute Gasteiger partial charge is 0.335 e. The van der Waals surface area contributed by atoms with Crippen LogP contribution in [0.4, 0.5) is 5.69 Å². The van der Waals surface area contributed by atoms with Gasteiger partial charge in [-0.1, -0.05) is 0 Å². The van der Waals surface area contributed by atoms with Crippen molar-refractivity contribution in [3.8, 4) is 0 Å². The first-order valence-electron chi connectivity index (χ1n) is 5.43. The monoisotopic (exact) mass is 221 g/mol. The molecular formula is C12H15NO3. The number of carboxylic acid groups (broad SMARTS) is 1. The van der Waals surface area contributed by atoms with E-state index in [2.05, 4.69) is 4.90 Å². The molecule has 1 saturated carbocycles. The molecule has 0 unspecified atom stereocenters. The SMILES string of the molecule is O=C(O)c1ccc(N(CCO)C2CC2)cc1. The zero-order valence-corrected chi connectivity index (χ0v) is 8.97. The summed E-state index contributed by atoms with van der Waals surface area (Å²) < 4.78 is 0. The minimum absolute atomic E-state index is 0.122. The number of carboxylic acids is 1.